The van der Waals surface area contributed by atoms with Crippen molar-refractivity contribution in [2.75, 3.05) is 26.0 Å². The molecule has 0 aromatic carbocycles. The highest BCUT2D eigenvalue weighted by Gasteiger charge is 2.39. The predicted molar refractivity (Wildman–Crippen MR) is 82.1 cm³/mol. The Morgan fingerprint density at radius 2 is 1.75 bits per heavy atom. The molecule has 0 bridgehead atoms. The van der Waals surface area contributed by atoms with Gasteiger partial charge in [-0.25, -0.2) is 8.42 Å². The van der Waals surface area contributed by atoms with Gasteiger partial charge in [-0.2, -0.15) is 4.31 Å². The van der Waals surface area contributed by atoms with E-state index < -0.39 is 15.6 Å². The number of sulfonamides is 1. The van der Waals surface area contributed by atoms with E-state index in [-0.39, 0.29) is 18.5 Å². The average Bonchev–Trinajstić information content (AvgIpc) is 2.63. The molecule has 20 heavy (non-hydrogen) atoms. The number of nitrogens with zero attached hydrogens (tertiary/aromatic N) is 1. The van der Waals surface area contributed by atoms with Crippen molar-refractivity contribution in [2.24, 2.45) is 5.73 Å². The van der Waals surface area contributed by atoms with Crippen LogP contribution in [0.2, 0.25) is 0 Å². The Bertz CT molecular complexity index is 374. The Kier molecular flexibility index (Phi) is 6.91. The SMILES string of the molecule is CC(C)OCCS(=O)(=O)N(C)C1(CN)CCCCCC1. The van der Waals surface area contributed by atoms with E-state index in [4.69, 9.17) is 10.5 Å². The van der Waals surface area contributed by atoms with E-state index in [1.54, 1.807) is 7.05 Å². The Labute approximate surface area is 123 Å². The molecule has 0 aliphatic heterocycles. The molecule has 0 radical (unpaired) electrons. The molecule has 0 aromatic heterocycles. The van der Waals surface area contributed by atoms with Crippen molar-refractivity contribution in [1.29, 1.82) is 0 Å². The molecule has 1 rings (SSSR count). The molecule has 1 fully saturated rings. The second-order valence-electron chi connectivity index (χ2n) is 6.05. The molecular formula is C14H30N2O3S. The van der Waals surface area contributed by atoms with E-state index in [0.29, 0.717) is 6.54 Å². The smallest absolute Gasteiger partial charge is 0.216 e. The fourth-order valence-corrected chi connectivity index (χ4v) is 4.28. The van der Waals surface area contributed by atoms with E-state index in [1.165, 1.54) is 17.1 Å². The summed E-state index contributed by atoms with van der Waals surface area (Å²) in [4.78, 5) is 0. The van der Waals surface area contributed by atoms with Crippen LogP contribution in [0.25, 0.3) is 0 Å². The Morgan fingerprint density at radius 1 is 1.20 bits per heavy atom. The number of hydrogen-bond acceptors (Lipinski definition) is 4. The van der Waals surface area contributed by atoms with Crippen molar-refractivity contribution in [2.45, 2.75) is 64.0 Å². The lowest BCUT2D eigenvalue weighted by Gasteiger charge is -2.39. The molecule has 0 aromatic rings. The number of likely N-dealkylation sites (N-methyl/N-ethyl adjacent to an activating group) is 1. The number of ether oxygens (including phenoxy) is 1. The quantitative estimate of drug-likeness (QED) is 0.727. The Morgan fingerprint density at radius 3 is 2.20 bits per heavy atom. The van der Waals surface area contributed by atoms with Crippen LogP contribution < -0.4 is 5.73 Å². The number of hydrogen-bond donors (Lipinski definition) is 1. The summed E-state index contributed by atoms with van der Waals surface area (Å²) < 4.78 is 31.9. The molecule has 1 aliphatic carbocycles. The Balaban J connectivity index is 2.75. The second kappa shape index (κ2) is 7.73. The van der Waals surface area contributed by atoms with Gasteiger partial charge in [-0.1, -0.05) is 25.7 Å². The fraction of sp³-hybridized carbons (Fsp3) is 1.00. The lowest BCUT2D eigenvalue weighted by molar-refractivity contribution is 0.0899. The zero-order valence-corrected chi connectivity index (χ0v) is 13.9. The van der Waals surface area contributed by atoms with Gasteiger partial charge in [-0.3, -0.25) is 0 Å². The predicted octanol–water partition coefficient (Wildman–Crippen LogP) is 1.72. The largest absolute Gasteiger partial charge is 0.378 e. The minimum absolute atomic E-state index is 0.0312. The van der Waals surface area contributed by atoms with Crippen molar-refractivity contribution >= 4 is 10.0 Å². The minimum atomic E-state index is -3.31. The van der Waals surface area contributed by atoms with Gasteiger partial charge in [0, 0.05) is 19.1 Å². The van der Waals surface area contributed by atoms with E-state index in [1.807, 2.05) is 13.8 Å². The van der Waals surface area contributed by atoms with Crippen molar-refractivity contribution in [1.82, 2.24) is 4.31 Å². The van der Waals surface area contributed by atoms with Gasteiger partial charge < -0.3 is 10.5 Å². The highest BCUT2D eigenvalue weighted by atomic mass is 32.2. The van der Waals surface area contributed by atoms with Crippen molar-refractivity contribution in [3.63, 3.8) is 0 Å². The number of rotatable bonds is 7. The first-order chi connectivity index (χ1) is 9.34. The van der Waals surface area contributed by atoms with E-state index in [0.717, 1.165) is 25.7 Å². The zero-order valence-electron chi connectivity index (χ0n) is 13.1. The first kappa shape index (κ1) is 17.9. The molecule has 0 saturated heterocycles. The molecular weight excluding hydrogens is 276 g/mol. The summed E-state index contributed by atoms with van der Waals surface area (Å²) in [5.74, 6) is 0.0312. The van der Waals surface area contributed by atoms with Gasteiger partial charge in [0.25, 0.3) is 0 Å². The van der Waals surface area contributed by atoms with Gasteiger partial charge in [0.15, 0.2) is 0 Å². The molecule has 5 nitrogen and oxygen atoms in total. The van der Waals surface area contributed by atoms with Crippen LogP contribution in [0.3, 0.4) is 0 Å². The van der Waals surface area contributed by atoms with Gasteiger partial charge in [-0.05, 0) is 26.7 Å². The molecule has 2 N–H and O–H groups in total. The maximum atomic E-state index is 12.5. The van der Waals surface area contributed by atoms with E-state index >= 15 is 0 Å². The lowest BCUT2D eigenvalue weighted by atomic mass is 9.90. The molecule has 6 heteroatoms. The zero-order chi connectivity index (χ0) is 15.2. The monoisotopic (exact) mass is 306 g/mol. The summed E-state index contributed by atoms with van der Waals surface area (Å²) in [5, 5.41) is 0. The first-order valence-electron chi connectivity index (χ1n) is 7.62. The molecule has 0 atom stereocenters. The van der Waals surface area contributed by atoms with Crippen LogP contribution in [0.4, 0.5) is 0 Å². The van der Waals surface area contributed by atoms with Gasteiger partial charge in [0.05, 0.1) is 18.5 Å². The molecule has 0 unspecified atom stereocenters. The van der Waals surface area contributed by atoms with Crippen LogP contribution in [0.1, 0.15) is 52.4 Å². The minimum Gasteiger partial charge on any atom is -0.378 e. The summed E-state index contributed by atoms with van der Waals surface area (Å²) in [5.41, 5.74) is 5.55. The van der Waals surface area contributed by atoms with Crippen molar-refractivity contribution in [3.05, 3.63) is 0 Å². The molecule has 120 valence electrons. The van der Waals surface area contributed by atoms with Gasteiger partial charge in [0.1, 0.15) is 0 Å². The molecule has 0 heterocycles. The molecule has 1 aliphatic rings. The van der Waals surface area contributed by atoms with Crippen LogP contribution >= 0.6 is 0 Å². The van der Waals surface area contributed by atoms with E-state index in [2.05, 4.69) is 0 Å². The van der Waals surface area contributed by atoms with Crippen LogP contribution in [-0.2, 0) is 14.8 Å². The van der Waals surface area contributed by atoms with Crippen molar-refractivity contribution in [3.8, 4) is 0 Å². The number of nitrogens with two attached hydrogens (primary N) is 1. The normalized spacial score (nSPS) is 20.3. The topological polar surface area (TPSA) is 72.6 Å². The standard InChI is InChI=1S/C14H30N2O3S/c1-13(2)19-10-11-20(17,18)16(3)14(12-15)8-6-4-5-7-9-14/h13H,4-12,15H2,1-3H3. The third-order valence-electron chi connectivity index (χ3n) is 4.29. The summed E-state index contributed by atoms with van der Waals surface area (Å²) >= 11 is 0. The van der Waals surface area contributed by atoms with Gasteiger partial charge in [-0.15, -0.1) is 0 Å². The lowest BCUT2D eigenvalue weighted by Crippen LogP contribution is -2.54. The van der Waals surface area contributed by atoms with Crippen LogP contribution in [0, 0.1) is 0 Å². The summed E-state index contributed by atoms with van der Waals surface area (Å²) in [7, 11) is -1.63. The average molecular weight is 306 g/mol. The molecule has 1 saturated carbocycles. The molecule has 0 spiro atoms. The Hall–Kier alpha value is -0.170. The third kappa shape index (κ3) is 4.69. The van der Waals surface area contributed by atoms with Gasteiger partial charge >= 0.3 is 0 Å². The fourth-order valence-electron chi connectivity index (χ4n) is 2.86. The highest BCUT2D eigenvalue weighted by molar-refractivity contribution is 7.89. The molecule has 0 amide bonds. The summed E-state index contributed by atoms with van der Waals surface area (Å²) in [6.07, 6.45) is 6.24. The van der Waals surface area contributed by atoms with Crippen molar-refractivity contribution < 1.29 is 13.2 Å². The highest BCUT2D eigenvalue weighted by Crippen LogP contribution is 2.32. The van der Waals surface area contributed by atoms with Crippen LogP contribution in [-0.4, -0.2) is 50.3 Å². The summed E-state index contributed by atoms with van der Waals surface area (Å²) in [6.45, 7) is 4.45. The van der Waals surface area contributed by atoms with Crippen LogP contribution in [0.15, 0.2) is 0 Å². The maximum absolute atomic E-state index is 12.5. The second-order valence-corrected chi connectivity index (χ2v) is 8.17. The summed E-state index contributed by atoms with van der Waals surface area (Å²) in [6, 6.07) is 0. The third-order valence-corrected chi connectivity index (χ3v) is 6.20. The first-order valence-corrected chi connectivity index (χ1v) is 9.23. The maximum Gasteiger partial charge on any atom is 0.216 e. The van der Waals surface area contributed by atoms with Crippen LogP contribution in [0.5, 0.6) is 0 Å². The van der Waals surface area contributed by atoms with Gasteiger partial charge in [0.2, 0.25) is 10.0 Å². The van der Waals surface area contributed by atoms with E-state index in [9.17, 15) is 8.42 Å².